The van der Waals surface area contributed by atoms with Gasteiger partial charge in [-0.3, -0.25) is 4.79 Å². The van der Waals surface area contributed by atoms with Gasteiger partial charge in [0.1, 0.15) is 10.8 Å². The fraction of sp³-hybridized carbons (Fsp3) is 0.148. The van der Waals surface area contributed by atoms with Crippen LogP contribution in [-0.2, 0) is 11.2 Å². The van der Waals surface area contributed by atoms with Crippen LogP contribution in [0, 0.1) is 13.8 Å². The number of benzene rings is 3. The van der Waals surface area contributed by atoms with Gasteiger partial charge in [0.15, 0.2) is 5.82 Å². The van der Waals surface area contributed by atoms with Crippen LogP contribution in [0.2, 0.25) is 0 Å². The standard InChI is InChI=1S/C27H23N3O2S/c1-17-12-18(2)14-21(13-17)28-24(31)16-33-27-22-15-20-10-6-7-11-23(20)32-26(22)29-25(30-27)19-8-4-3-5-9-19/h3-14H,15-16H2,1-2H3,(H,28,31). The van der Waals surface area contributed by atoms with Crippen molar-refractivity contribution >= 4 is 23.4 Å². The molecule has 5 rings (SSSR count). The van der Waals surface area contributed by atoms with E-state index in [4.69, 9.17) is 14.7 Å². The van der Waals surface area contributed by atoms with Gasteiger partial charge in [-0.25, -0.2) is 4.98 Å². The van der Waals surface area contributed by atoms with E-state index < -0.39 is 0 Å². The predicted octanol–water partition coefficient (Wildman–Crippen LogP) is 6.19. The number of thioether (sulfide) groups is 1. The molecule has 0 saturated heterocycles. The molecule has 0 spiro atoms. The first-order valence-electron chi connectivity index (χ1n) is 10.8. The smallest absolute Gasteiger partial charge is 0.234 e. The summed E-state index contributed by atoms with van der Waals surface area (Å²) in [6.07, 6.45) is 0.668. The Kier molecular flexibility index (Phi) is 5.84. The number of hydrogen-bond acceptors (Lipinski definition) is 5. The fourth-order valence-corrected chi connectivity index (χ4v) is 4.76. The number of nitrogens with one attached hydrogen (secondary N) is 1. The van der Waals surface area contributed by atoms with E-state index >= 15 is 0 Å². The number of aromatic nitrogens is 2. The summed E-state index contributed by atoms with van der Waals surface area (Å²) in [5.74, 6) is 2.12. The van der Waals surface area contributed by atoms with E-state index in [1.165, 1.54) is 11.8 Å². The second kappa shape index (κ2) is 9.08. The van der Waals surface area contributed by atoms with Crippen molar-refractivity contribution in [2.45, 2.75) is 25.3 Å². The summed E-state index contributed by atoms with van der Waals surface area (Å²) >= 11 is 1.41. The fourth-order valence-electron chi connectivity index (χ4n) is 3.94. The van der Waals surface area contributed by atoms with E-state index in [0.717, 1.165) is 44.3 Å². The van der Waals surface area contributed by atoms with Gasteiger partial charge in [0.25, 0.3) is 0 Å². The zero-order chi connectivity index (χ0) is 22.8. The van der Waals surface area contributed by atoms with Crippen molar-refractivity contribution in [3.63, 3.8) is 0 Å². The molecule has 0 saturated carbocycles. The molecule has 0 atom stereocenters. The maximum Gasteiger partial charge on any atom is 0.234 e. The van der Waals surface area contributed by atoms with Crippen LogP contribution in [-0.4, -0.2) is 21.6 Å². The summed E-state index contributed by atoms with van der Waals surface area (Å²) in [5.41, 5.74) is 5.95. The number of fused-ring (bicyclic) bond motifs is 2. The number of carbonyl (C=O) groups is 1. The van der Waals surface area contributed by atoms with Gasteiger partial charge in [-0.05, 0) is 48.7 Å². The molecule has 1 amide bonds. The summed E-state index contributed by atoms with van der Waals surface area (Å²) in [5, 5.41) is 3.77. The summed E-state index contributed by atoms with van der Waals surface area (Å²) < 4.78 is 6.14. The molecule has 0 radical (unpaired) electrons. The minimum absolute atomic E-state index is 0.0734. The number of hydrogen-bond donors (Lipinski definition) is 1. The van der Waals surface area contributed by atoms with Crippen LogP contribution in [0.5, 0.6) is 11.6 Å². The number of rotatable bonds is 5. The Balaban J connectivity index is 1.43. The molecule has 4 aromatic rings. The quantitative estimate of drug-likeness (QED) is 0.254. The van der Waals surface area contributed by atoms with Crippen molar-refractivity contribution in [1.82, 2.24) is 9.97 Å². The molecule has 3 aromatic carbocycles. The van der Waals surface area contributed by atoms with E-state index in [2.05, 4.69) is 11.4 Å². The van der Waals surface area contributed by atoms with E-state index in [1.54, 1.807) is 0 Å². The number of nitrogens with zero attached hydrogens (tertiary/aromatic N) is 2. The first kappa shape index (κ1) is 21.2. The molecule has 1 N–H and O–H groups in total. The zero-order valence-corrected chi connectivity index (χ0v) is 19.3. The van der Waals surface area contributed by atoms with Crippen molar-refractivity contribution in [2.75, 3.05) is 11.1 Å². The molecule has 6 heteroatoms. The molecule has 1 aromatic heterocycles. The van der Waals surface area contributed by atoms with Gasteiger partial charge in [0, 0.05) is 17.7 Å². The van der Waals surface area contributed by atoms with Gasteiger partial charge in [-0.15, -0.1) is 0 Å². The van der Waals surface area contributed by atoms with Crippen molar-refractivity contribution in [1.29, 1.82) is 0 Å². The number of amides is 1. The van der Waals surface area contributed by atoms with Gasteiger partial charge in [0.05, 0.1) is 11.3 Å². The first-order valence-corrected chi connectivity index (χ1v) is 11.8. The van der Waals surface area contributed by atoms with Crippen LogP contribution in [0.25, 0.3) is 11.4 Å². The highest BCUT2D eigenvalue weighted by Gasteiger charge is 2.24. The third-order valence-electron chi connectivity index (χ3n) is 5.36. The summed E-state index contributed by atoms with van der Waals surface area (Å²) in [7, 11) is 0. The highest BCUT2D eigenvalue weighted by atomic mass is 32.2. The molecule has 0 unspecified atom stereocenters. The molecule has 164 valence electrons. The number of anilines is 1. The maximum absolute atomic E-state index is 12.7. The highest BCUT2D eigenvalue weighted by Crippen LogP contribution is 2.40. The Morgan fingerprint density at radius 1 is 0.970 bits per heavy atom. The number of aryl methyl sites for hydroxylation is 2. The molecular formula is C27H23N3O2S. The van der Waals surface area contributed by atoms with Gasteiger partial charge in [0.2, 0.25) is 11.8 Å². The van der Waals surface area contributed by atoms with E-state index in [-0.39, 0.29) is 11.7 Å². The molecule has 0 fully saturated rings. The first-order chi connectivity index (χ1) is 16.0. The maximum atomic E-state index is 12.7. The summed E-state index contributed by atoms with van der Waals surface area (Å²) in [6, 6.07) is 23.8. The lowest BCUT2D eigenvalue weighted by atomic mass is 10.0. The lowest BCUT2D eigenvalue weighted by molar-refractivity contribution is -0.113. The summed E-state index contributed by atoms with van der Waals surface area (Å²) in [6.45, 7) is 4.04. The average molecular weight is 454 g/mol. The predicted molar refractivity (Wildman–Crippen MR) is 132 cm³/mol. The third kappa shape index (κ3) is 4.76. The summed E-state index contributed by atoms with van der Waals surface area (Å²) in [4.78, 5) is 22.3. The topological polar surface area (TPSA) is 64.1 Å². The number of carbonyl (C=O) groups excluding carboxylic acids is 1. The van der Waals surface area contributed by atoms with Gasteiger partial charge < -0.3 is 10.1 Å². The van der Waals surface area contributed by atoms with Gasteiger partial charge in [-0.2, -0.15) is 4.98 Å². The van der Waals surface area contributed by atoms with Crippen molar-refractivity contribution in [3.05, 3.63) is 95.1 Å². The normalized spacial score (nSPS) is 11.8. The van der Waals surface area contributed by atoms with Crippen LogP contribution < -0.4 is 10.1 Å². The number of para-hydroxylation sites is 1. The van der Waals surface area contributed by atoms with Crippen molar-refractivity contribution in [2.24, 2.45) is 0 Å². The monoisotopic (exact) mass is 453 g/mol. The molecule has 1 aliphatic heterocycles. The Hall–Kier alpha value is -3.64. The molecule has 0 aliphatic carbocycles. The van der Waals surface area contributed by atoms with Crippen LogP contribution >= 0.6 is 11.8 Å². The molecule has 33 heavy (non-hydrogen) atoms. The van der Waals surface area contributed by atoms with Crippen LogP contribution in [0.1, 0.15) is 22.3 Å². The minimum atomic E-state index is -0.0734. The largest absolute Gasteiger partial charge is 0.438 e. The second-order valence-corrected chi connectivity index (χ2v) is 9.07. The van der Waals surface area contributed by atoms with E-state index in [9.17, 15) is 4.79 Å². The molecular weight excluding hydrogens is 430 g/mol. The Morgan fingerprint density at radius 3 is 2.48 bits per heavy atom. The molecule has 2 heterocycles. The van der Waals surface area contributed by atoms with Gasteiger partial charge in [-0.1, -0.05) is 66.4 Å². The third-order valence-corrected chi connectivity index (χ3v) is 6.37. The second-order valence-electron chi connectivity index (χ2n) is 8.10. The average Bonchev–Trinajstić information content (AvgIpc) is 2.81. The zero-order valence-electron chi connectivity index (χ0n) is 18.5. The van der Waals surface area contributed by atoms with Crippen LogP contribution in [0.3, 0.4) is 0 Å². The lowest BCUT2D eigenvalue weighted by Crippen LogP contribution is -2.15. The molecule has 1 aliphatic rings. The minimum Gasteiger partial charge on any atom is -0.438 e. The highest BCUT2D eigenvalue weighted by molar-refractivity contribution is 8.00. The van der Waals surface area contributed by atoms with E-state index in [1.807, 2.05) is 80.6 Å². The Bertz CT molecular complexity index is 1320. The molecule has 5 nitrogen and oxygen atoms in total. The Morgan fingerprint density at radius 2 is 1.70 bits per heavy atom. The molecule has 0 bridgehead atoms. The van der Waals surface area contributed by atoms with Crippen LogP contribution in [0.15, 0.2) is 77.8 Å². The van der Waals surface area contributed by atoms with Crippen LogP contribution in [0.4, 0.5) is 5.69 Å². The Labute approximate surface area is 197 Å². The SMILES string of the molecule is Cc1cc(C)cc(NC(=O)CSc2nc(-c3ccccc3)nc3c2Cc2ccccc2O3)c1. The van der Waals surface area contributed by atoms with Crippen molar-refractivity contribution < 1.29 is 9.53 Å². The van der Waals surface area contributed by atoms with E-state index in [0.29, 0.717) is 18.1 Å². The number of ether oxygens (including phenoxy) is 1. The lowest BCUT2D eigenvalue weighted by Gasteiger charge is -2.21. The van der Waals surface area contributed by atoms with Gasteiger partial charge >= 0.3 is 0 Å². The van der Waals surface area contributed by atoms with Crippen molar-refractivity contribution in [3.8, 4) is 23.0 Å².